The molecular weight excluding hydrogens is 342 g/mol. The van der Waals surface area contributed by atoms with Crippen LogP contribution in [0.1, 0.15) is 27.2 Å². The highest BCUT2D eigenvalue weighted by Gasteiger charge is 2.50. The fourth-order valence-corrected chi connectivity index (χ4v) is 8.41. The minimum absolute atomic E-state index is 0.117. The highest BCUT2D eigenvalue weighted by Crippen LogP contribution is 2.37. The van der Waals surface area contributed by atoms with Crippen molar-refractivity contribution in [1.29, 1.82) is 0 Å². The normalized spacial score (nSPS) is 20.8. The summed E-state index contributed by atoms with van der Waals surface area (Å²) < 4.78 is 6.73. The maximum Gasteiger partial charge on any atom is 0.261 e. The molecule has 0 spiro atoms. The Morgan fingerprint density at radius 3 is 1.92 bits per heavy atom. The molecule has 0 bridgehead atoms. The number of hydrogen-bond acceptors (Lipinski definition) is 3. The van der Waals surface area contributed by atoms with Gasteiger partial charge in [-0.1, -0.05) is 81.4 Å². The highest BCUT2D eigenvalue weighted by atomic mass is 28.4. The molecule has 1 fully saturated rings. The van der Waals surface area contributed by atoms with E-state index in [4.69, 9.17) is 4.43 Å². The second-order valence-electron chi connectivity index (χ2n) is 7.92. The van der Waals surface area contributed by atoms with E-state index in [1.807, 2.05) is 36.4 Å². The zero-order chi connectivity index (χ0) is 18.8. The van der Waals surface area contributed by atoms with Crippen molar-refractivity contribution in [2.24, 2.45) is 0 Å². The maximum atomic E-state index is 11.6. The molecule has 2 aromatic rings. The van der Waals surface area contributed by atoms with Crippen LogP contribution in [0.4, 0.5) is 0 Å². The van der Waals surface area contributed by atoms with E-state index in [-0.39, 0.29) is 23.4 Å². The van der Waals surface area contributed by atoms with Gasteiger partial charge >= 0.3 is 0 Å². The van der Waals surface area contributed by atoms with Crippen molar-refractivity contribution in [3.63, 3.8) is 0 Å². The summed E-state index contributed by atoms with van der Waals surface area (Å²) >= 11 is 0. The summed E-state index contributed by atoms with van der Waals surface area (Å²) in [5.41, 5.74) is 0. The Morgan fingerprint density at radius 1 is 1.04 bits per heavy atom. The van der Waals surface area contributed by atoms with Crippen LogP contribution in [0.15, 0.2) is 60.7 Å². The molecule has 5 heteroatoms. The first kappa shape index (κ1) is 18.8. The lowest BCUT2D eigenvalue weighted by Gasteiger charge is -2.43. The summed E-state index contributed by atoms with van der Waals surface area (Å²) in [6.07, 6.45) is -0.546. The predicted octanol–water partition coefficient (Wildman–Crippen LogP) is 1.81. The molecule has 2 N–H and O–H groups in total. The van der Waals surface area contributed by atoms with Gasteiger partial charge in [0.25, 0.3) is 8.32 Å². The monoisotopic (exact) mass is 369 g/mol. The standard InChI is InChI=1S/C21H27NO3Si/c1-21(2,3)26(16-10-6-4-7-11-16,17-12-8-5-9-13-17)25-15-18-19(23)14-20(24)22-18/h4-13,18-19,23H,14-15H2,1-3H3,(H,22,24)/t18-,19-/m1/s1. The quantitative estimate of drug-likeness (QED) is 0.791. The average molecular weight is 370 g/mol. The van der Waals surface area contributed by atoms with Crippen molar-refractivity contribution in [3.8, 4) is 0 Å². The van der Waals surface area contributed by atoms with Gasteiger partial charge in [-0.05, 0) is 15.4 Å². The molecule has 0 saturated carbocycles. The lowest BCUT2D eigenvalue weighted by Crippen LogP contribution is -2.67. The number of benzene rings is 2. The van der Waals surface area contributed by atoms with Crippen molar-refractivity contribution in [3.05, 3.63) is 60.7 Å². The van der Waals surface area contributed by atoms with Gasteiger partial charge in [0.2, 0.25) is 5.91 Å². The Labute approximate surface area is 156 Å². The molecule has 2 atom stereocenters. The number of carbonyl (C=O) groups excluding carboxylic acids is 1. The first-order valence-corrected chi connectivity index (χ1v) is 11.0. The van der Waals surface area contributed by atoms with Crippen LogP contribution in [-0.2, 0) is 9.22 Å². The smallest absolute Gasteiger partial charge is 0.261 e. The molecule has 1 amide bonds. The van der Waals surface area contributed by atoms with Gasteiger partial charge in [0.1, 0.15) is 0 Å². The molecule has 2 aromatic carbocycles. The molecule has 0 radical (unpaired) electrons. The van der Waals surface area contributed by atoms with E-state index < -0.39 is 14.4 Å². The average Bonchev–Trinajstić information content (AvgIpc) is 2.94. The van der Waals surface area contributed by atoms with E-state index >= 15 is 0 Å². The molecule has 0 aliphatic carbocycles. The molecular formula is C21H27NO3Si. The molecule has 26 heavy (non-hydrogen) atoms. The van der Waals surface area contributed by atoms with Crippen LogP contribution in [0.3, 0.4) is 0 Å². The number of amides is 1. The predicted molar refractivity (Wildman–Crippen MR) is 106 cm³/mol. The molecule has 1 saturated heterocycles. The van der Waals surface area contributed by atoms with E-state index in [0.717, 1.165) is 0 Å². The number of carbonyl (C=O) groups is 1. The van der Waals surface area contributed by atoms with E-state index in [2.05, 4.69) is 50.4 Å². The van der Waals surface area contributed by atoms with Crippen molar-refractivity contribution >= 4 is 24.6 Å². The second kappa shape index (κ2) is 7.35. The fraction of sp³-hybridized carbons (Fsp3) is 0.381. The van der Waals surface area contributed by atoms with Crippen LogP contribution in [0, 0.1) is 0 Å². The van der Waals surface area contributed by atoms with Crippen LogP contribution in [0.5, 0.6) is 0 Å². The van der Waals surface area contributed by atoms with Gasteiger partial charge in [-0.2, -0.15) is 0 Å². The number of rotatable bonds is 5. The summed E-state index contributed by atoms with van der Waals surface area (Å²) in [6.45, 7) is 6.94. The van der Waals surface area contributed by atoms with Crippen LogP contribution in [-0.4, -0.2) is 38.1 Å². The van der Waals surface area contributed by atoms with Crippen molar-refractivity contribution in [1.82, 2.24) is 5.32 Å². The molecule has 1 aliphatic heterocycles. The summed E-state index contributed by atoms with van der Waals surface area (Å²) in [5, 5.41) is 15.3. The molecule has 1 aliphatic rings. The van der Waals surface area contributed by atoms with Crippen LogP contribution < -0.4 is 15.7 Å². The molecule has 0 unspecified atom stereocenters. The number of aliphatic hydroxyl groups excluding tert-OH is 1. The highest BCUT2D eigenvalue weighted by molar-refractivity contribution is 6.99. The van der Waals surface area contributed by atoms with Crippen LogP contribution in [0.25, 0.3) is 0 Å². The Morgan fingerprint density at radius 2 is 1.54 bits per heavy atom. The second-order valence-corrected chi connectivity index (χ2v) is 12.2. The van der Waals surface area contributed by atoms with Gasteiger partial charge < -0.3 is 14.8 Å². The lowest BCUT2D eigenvalue weighted by atomic mass is 10.2. The largest absolute Gasteiger partial charge is 0.405 e. The SMILES string of the molecule is CC(C)(C)[Si](OC[C@H]1NC(=O)C[C@H]1O)(c1ccccc1)c1ccccc1. The van der Waals surface area contributed by atoms with Gasteiger partial charge in [-0.15, -0.1) is 0 Å². The zero-order valence-corrected chi connectivity index (χ0v) is 16.6. The first-order valence-electron chi connectivity index (χ1n) is 9.07. The van der Waals surface area contributed by atoms with Crippen LogP contribution >= 0.6 is 0 Å². The summed E-state index contributed by atoms with van der Waals surface area (Å²) in [4.78, 5) is 11.6. The van der Waals surface area contributed by atoms with E-state index in [1.165, 1.54) is 10.4 Å². The fourth-order valence-electron chi connectivity index (χ4n) is 3.82. The van der Waals surface area contributed by atoms with Crippen molar-refractivity contribution < 1.29 is 14.3 Å². The van der Waals surface area contributed by atoms with Crippen molar-refractivity contribution in [2.45, 2.75) is 44.4 Å². The van der Waals surface area contributed by atoms with Gasteiger partial charge in [-0.25, -0.2) is 0 Å². The minimum atomic E-state index is -2.63. The molecule has 1 heterocycles. The van der Waals surface area contributed by atoms with E-state index in [0.29, 0.717) is 6.61 Å². The summed E-state index contributed by atoms with van der Waals surface area (Å²) in [7, 11) is -2.63. The topological polar surface area (TPSA) is 58.6 Å². The third kappa shape index (κ3) is 3.47. The molecule has 0 aromatic heterocycles. The number of hydrogen-bond donors (Lipinski definition) is 2. The van der Waals surface area contributed by atoms with Gasteiger partial charge in [0, 0.05) is 0 Å². The molecule has 3 rings (SSSR count). The zero-order valence-electron chi connectivity index (χ0n) is 15.6. The molecule has 138 valence electrons. The third-order valence-corrected chi connectivity index (χ3v) is 10.1. The van der Waals surface area contributed by atoms with Crippen LogP contribution in [0.2, 0.25) is 5.04 Å². The third-order valence-electron chi connectivity index (χ3n) is 5.10. The van der Waals surface area contributed by atoms with Gasteiger partial charge in [0.05, 0.1) is 25.2 Å². The summed E-state index contributed by atoms with van der Waals surface area (Å²) in [5.74, 6) is -0.117. The van der Waals surface area contributed by atoms with Crippen molar-refractivity contribution in [2.75, 3.05) is 6.61 Å². The number of aliphatic hydroxyl groups is 1. The Kier molecular flexibility index (Phi) is 5.32. The lowest BCUT2D eigenvalue weighted by molar-refractivity contribution is -0.119. The van der Waals surface area contributed by atoms with Gasteiger partial charge in [0.15, 0.2) is 0 Å². The maximum absolute atomic E-state index is 11.6. The Balaban J connectivity index is 2.04. The Bertz CT molecular complexity index is 703. The number of nitrogens with one attached hydrogen (secondary N) is 1. The minimum Gasteiger partial charge on any atom is -0.405 e. The van der Waals surface area contributed by atoms with Gasteiger partial charge in [-0.3, -0.25) is 4.79 Å². The van der Waals surface area contributed by atoms with E-state index in [1.54, 1.807) is 0 Å². The molecule has 4 nitrogen and oxygen atoms in total. The first-order chi connectivity index (χ1) is 12.3. The Hall–Kier alpha value is -1.95. The summed E-state index contributed by atoms with van der Waals surface area (Å²) in [6, 6.07) is 20.4. The van der Waals surface area contributed by atoms with E-state index in [9.17, 15) is 9.90 Å².